The zero-order valence-corrected chi connectivity index (χ0v) is 11.7. The number of nitrogens with one attached hydrogen (secondary N) is 1. The summed E-state index contributed by atoms with van der Waals surface area (Å²) in [6.07, 6.45) is 0.927. The maximum Gasteiger partial charge on any atom is 0.310 e. The predicted molar refractivity (Wildman–Crippen MR) is 73.9 cm³/mol. The lowest BCUT2D eigenvalue weighted by Gasteiger charge is -2.19. The van der Waals surface area contributed by atoms with Gasteiger partial charge in [0, 0.05) is 6.54 Å². The number of benzene rings is 1. The first-order valence-electron chi connectivity index (χ1n) is 6.33. The van der Waals surface area contributed by atoms with Gasteiger partial charge in [-0.3, -0.25) is 4.79 Å². The van der Waals surface area contributed by atoms with Crippen molar-refractivity contribution in [3.05, 3.63) is 34.9 Å². The van der Waals surface area contributed by atoms with E-state index >= 15 is 0 Å². The number of rotatable bonds is 6. The van der Waals surface area contributed by atoms with Crippen LogP contribution in [0.5, 0.6) is 0 Å². The Kier molecular flexibility index (Phi) is 4.91. The molecule has 100 valence electrons. The number of carbonyl (C=O) groups is 1. The Morgan fingerprint density at radius 1 is 1.28 bits per heavy atom. The van der Waals surface area contributed by atoms with E-state index in [0.29, 0.717) is 6.54 Å². The molecule has 1 rings (SSSR count). The molecule has 1 aromatic carbocycles. The minimum Gasteiger partial charge on any atom is -0.481 e. The topological polar surface area (TPSA) is 49.3 Å². The van der Waals surface area contributed by atoms with Crippen LogP contribution < -0.4 is 5.32 Å². The molecule has 0 atom stereocenters. The number of aliphatic carboxylic acids is 1. The second-order valence-electron chi connectivity index (χ2n) is 5.53. The standard InChI is InChI=1S/C15H23NO2/c1-11-5-6-13(9-12(11)2)7-8-16-10-15(3,4)14(17)18/h5-6,9,16H,7-8,10H2,1-4H3,(H,17,18). The van der Waals surface area contributed by atoms with E-state index in [1.807, 2.05) is 0 Å². The van der Waals surface area contributed by atoms with E-state index in [0.717, 1.165) is 13.0 Å². The highest BCUT2D eigenvalue weighted by Gasteiger charge is 2.26. The van der Waals surface area contributed by atoms with E-state index < -0.39 is 11.4 Å². The van der Waals surface area contributed by atoms with E-state index in [9.17, 15) is 4.79 Å². The monoisotopic (exact) mass is 249 g/mol. The molecule has 0 unspecified atom stereocenters. The Labute approximate surface area is 109 Å². The lowest BCUT2D eigenvalue weighted by Crippen LogP contribution is -2.36. The Hall–Kier alpha value is -1.35. The highest BCUT2D eigenvalue weighted by molar-refractivity contribution is 5.73. The molecule has 2 N–H and O–H groups in total. The minimum absolute atomic E-state index is 0.493. The molecule has 0 aliphatic heterocycles. The summed E-state index contributed by atoms with van der Waals surface area (Å²) in [5.74, 6) is -0.763. The molecule has 0 amide bonds. The third-order valence-electron chi connectivity index (χ3n) is 3.31. The smallest absolute Gasteiger partial charge is 0.310 e. The molecular formula is C15H23NO2. The maximum atomic E-state index is 10.9. The van der Waals surface area contributed by atoms with Crippen LogP contribution in [0.1, 0.15) is 30.5 Å². The molecule has 18 heavy (non-hydrogen) atoms. The molecule has 0 spiro atoms. The lowest BCUT2D eigenvalue weighted by atomic mass is 9.94. The molecule has 3 heteroatoms. The Balaban J connectivity index is 2.38. The number of carboxylic acid groups (broad SMARTS) is 1. The van der Waals surface area contributed by atoms with Gasteiger partial charge in [-0.25, -0.2) is 0 Å². The van der Waals surface area contributed by atoms with Crippen LogP contribution in [0, 0.1) is 19.3 Å². The highest BCUT2D eigenvalue weighted by atomic mass is 16.4. The van der Waals surface area contributed by atoms with Gasteiger partial charge in [0.25, 0.3) is 0 Å². The van der Waals surface area contributed by atoms with Gasteiger partial charge < -0.3 is 10.4 Å². The largest absolute Gasteiger partial charge is 0.481 e. The normalized spacial score (nSPS) is 11.6. The summed E-state index contributed by atoms with van der Waals surface area (Å²) in [5.41, 5.74) is 3.19. The summed E-state index contributed by atoms with van der Waals surface area (Å²) in [6, 6.07) is 6.46. The minimum atomic E-state index is -0.763. The van der Waals surface area contributed by atoms with Gasteiger partial charge in [-0.05, 0) is 57.4 Å². The van der Waals surface area contributed by atoms with Crippen LogP contribution in [0.15, 0.2) is 18.2 Å². The molecule has 0 saturated heterocycles. The molecule has 3 nitrogen and oxygen atoms in total. The molecule has 0 aliphatic rings. The molecule has 0 fully saturated rings. The first kappa shape index (κ1) is 14.7. The van der Waals surface area contributed by atoms with Crippen molar-refractivity contribution >= 4 is 5.97 Å². The summed E-state index contributed by atoms with van der Waals surface area (Å²) in [5, 5.41) is 12.2. The number of hydrogen-bond donors (Lipinski definition) is 2. The summed E-state index contributed by atoms with van der Waals surface area (Å²) in [4.78, 5) is 10.9. The first-order valence-corrected chi connectivity index (χ1v) is 6.33. The van der Waals surface area contributed by atoms with Crippen LogP contribution in [0.2, 0.25) is 0 Å². The van der Waals surface area contributed by atoms with Crippen LogP contribution in [0.3, 0.4) is 0 Å². The summed E-state index contributed by atoms with van der Waals surface area (Å²) >= 11 is 0. The second kappa shape index (κ2) is 6.01. The number of hydrogen-bond acceptors (Lipinski definition) is 2. The van der Waals surface area contributed by atoms with E-state index in [-0.39, 0.29) is 0 Å². The Bertz CT molecular complexity index is 425. The Morgan fingerprint density at radius 2 is 1.94 bits per heavy atom. The summed E-state index contributed by atoms with van der Waals surface area (Å²) in [6.45, 7) is 8.98. The molecule has 1 aromatic rings. The molecule has 0 radical (unpaired) electrons. The first-order chi connectivity index (χ1) is 8.33. The highest BCUT2D eigenvalue weighted by Crippen LogP contribution is 2.13. The average molecular weight is 249 g/mol. The van der Waals surface area contributed by atoms with Crippen molar-refractivity contribution in [3.8, 4) is 0 Å². The van der Waals surface area contributed by atoms with Crippen LogP contribution in [0.25, 0.3) is 0 Å². The van der Waals surface area contributed by atoms with Gasteiger partial charge in [0.15, 0.2) is 0 Å². The second-order valence-corrected chi connectivity index (χ2v) is 5.53. The van der Waals surface area contributed by atoms with Gasteiger partial charge in [-0.15, -0.1) is 0 Å². The van der Waals surface area contributed by atoms with Gasteiger partial charge in [0.05, 0.1) is 5.41 Å². The number of aryl methyl sites for hydroxylation is 2. The van der Waals surface area contributed by atoms with Gasteiger partial charge in [0.1, 0.15) is 0 Å². The number of carboxylic acids is 1. The van der Waals surface area contributed by atoms with E-state index in [2.05, 4.69) is 37.4 Å². The van der Waals surface area contributed by atoms with Crippen LogP contribution >= 0.6 is 0 Å². The van der Waals surface area contributed by atoms with Crippen molar-refractivity contribution in [3.63, 3.8) is 0 Å². The average Bonchev–Trinajstić information content (AvgIpc) is 2.29. The summed E-state index contributed by atoms with van der Waals surface area (Å²) in [7, 11) is 0. The fraction of sp³-hybridized carbons (Fsp3) is 0.533. The Morgan fingerprint density at radius 3 is 2.50 bits per heavy atom. The molecule has 0 aromatic heterocycles. The van der Waals surface area contributed by atoms with Crippen molar-refractivity contribution in [2.75, 3.05) is 13.1 Å². The van der Waals surface area contributed by atoms with Crippen molar-refractivity contribution in [2.24, 2.45) is 5.41 Å². The summed E-state index contributed by atoms with van der Waals surface area (Å²) < 4.78 is 0. The van der Waals surface area contributed by atoms with E-state index in [4.69, 9.17) is 5.11 Å². The predicted octanol–water partition coefficient (Wildman–Crippen LogP) is 2.55. The van der Waals surface area contributed by atoms with Crippen molar-refractivity contribution in [1.29, 1.82) is 0 Å². The lowest BCUT2D eigenvalue weighted by molar-refractivity contribution is -0.146. The van der Waals surface area contributed by atoms with Crippen LogP contribution in [0.4, 0.5) is 0 Å². The van der Waals surface area contributed by atoms with Crippen molar-refractivity contribution in [2.45, 2.75) is 34.1 Å². The zero-order valence-electron chi connectivity index (χ0n) is 11.7. The third kappa shape index (κ3) is 4.15. The van der Waals surface area contributed by atoms with Gasteiger partial charge in [0.2, 0.25) is 0 Å². The molecule has 0 aliphatic carbocycles. The molecule has 0 bridgehead atoms. The van der Waals surface area contributed by atoms with Gasteiger partial charge >= 0.3 is 5.97 Å². The molecule has 0 heterocycles. The van der Waals surface area contributed by atoms with Crippen molar-refractivity contribution in [1.82, 2.24) is 5.32 Å². The van der Waals surface area contributed by atoms with Crippen LogP contribution in [-0.2, 0) is 11.2 Å². The third-order valence-corrected chi connectivity index (χ3v) is 3.31. The van der Waals surface area contributed by atoms with Crippen molar-refractivity contribution < 1.29 is 9.90 Å². The maximum absolute atomic E-state index is 10.9. The molecular weight excluding hydrogens is 226 g/mol. The quantitative estimate of drug-likeness (QED) is 0.762. The van der Waals surface area contributed by atoms with E-state index in [1.54, 1.807) is 13.8 Å². The molecule has 0 saturated carbocycles. The van der Waals surface area contributed by atoms with Crippen LogP contribution in [-0.4, -0.2) is 24.2 Å². The van der Waals surface area contributed by atoms with Gasteiger partial charge in [-0.1, -0.05) is 18.2 Å². The zero-order chi connectivity index (χ0) is 13.8. The van der Waals surface area contributed by atoms with E-state index in [1.165, 1.54) is 16.7 Å². The fourth-order valence-corrected chi connectivity index (χ4v) is 1.67. The van der Waals surface area contributed by atoms with Gasteiger partial charge in [-0.2, -0.15) is 0 Å². The SMILES string of the molecule is Cc1ccc(CCNCC(C)(C)C(=O)O)cc1C. The fourth-order valence-electron chi connectivity index (χ4n) is 1.67.